The van der Waals surface area contributed by atoms with E-state index in [9.17, 15) is 4.79 Å². The normalized spacial score (nSPS) is 16.6. The van der Waals surface area contributed by atoms with Gasteiger partial charge in [-0.2, -0.15) is 0 Å². The van der Waals surface area contributed by atoms with Crippen LogP contribution in [0.1, 0.15) is 22.6 Å². The highest BCUT2D eigenvalue weighted by Crippen LogP contribution is 2.49. The summed E-state index contributed by atoms with van der Waals surface area (Å²) in [5.41, 5.74) is 3.60. The monoisotopic (exact) mass is 234 g/mol. The first-order chi connectivity index (χ1) is 8.86. The van der Waals surface area contributed by atoms with Gasteiger partial charge in [-0.05, 0) is 17.2 Å². The molecule has 2 aromatic carbocycles. The van der Waals surface area contributed by atoms with Gasteiger partial charge in [0.05, 0.1) is 5.56 Å². The Hall–Kier alpha value is -2.35. The summed E-state index contributed by atoms with van der Waals surface area (Å²) in [6.07, 6.45) is 0. The maximum Gasteiger partial charge on any atom is 0.340 e. The van der Waals surface area contributed by atoms with E-state index in [2.05, 4.69) is 12.1 Å². The van der Waals surface area contributed by atoms with E-state index in [-0.39, 0.29) is 11.5 Å². The van der Waals surface area contributed by atoms with Gasteiger partial charge in [0.15, 0.2) is 0 Å². The molecule has 0 saturated carbocycles. The molecule has 0 radical (unpaired) electrons. The maximum atomic E-state index is 11.9. The van der Waals surface area contributed by atoms with Crippen LogP contribution in [0.5, 0.6) is 0 Å². The van der Waals surface area contributed by atoms with E-state index in [4.69, 9.17) is 4.42 Å². The van der Waals surface area contributed by atoms with Crippen molar-refractivity contribution in [3.63, 3.8) is 0 Å². The number of fused-ring (bicyclic) bond motifs is 3. The Balaban J connectivity index is 1.99. The Morgan fingerprint density at radius 1 is 0.833 bits per heavy atom. The van der Waals surface area contributed by atoms with Gasteiger partial charge < -0.3 is 4.42 Å². The molecule has 1 aromatic heterocycles. The number of hydrogen-bond acceptors (Lipinski definition) is 2. The summed E-state index contributed by atoms with van der Waals surface area (Å²) in [4.78, 5) is 11.9. The minimum atomic E-state index is -0.197. The molecule has 0 saturated heterocycles. The van der Waals surface area contributed by atoms with Crippen molar-refractivity contribution < 1.29 is 4.42 Å². The lowest BCUT2D eigenvalue weighted by atomic mass is 10.1. The highest BCUT2D eigenvalue weighted by atomic mass is 16.4. The molecule has 1 aliphatic rings. The Labute approximate surface area is 103 Å². The van der Waals surface area contributed by atoms with E-state index in [0.29, 0.717) is 5.58 Å². The van der Waals surface area contributed by atoms with E-state index in [1.807, 2.05) is 42.5 Å². The second-order valence-electron chi connectivity index (χ2n) is 4.56. The summed E-state index contributed by atoms with van der Waals surface area (Å²) in [5, 5.41) is 1.06. The standard InChI is InChI=1S/C16H10O2/c17-16-15-13(10-6-2-1-3-7-10)14(15)11-8-4-5-9-12(11)18-16/h1-9,13H. The molecule has 86 valence electrons. The van der Waals surface area contributed by atoms with Gasteiger partial charge in [0, 0.05) is 11.3 Å². The van der Waals surface area contributed by atoms with Gasteiger partial charge in [-0.25, -0.2) is 4.79 Å². The third-order valence-electron chi connectivity index (χ3n) is 3.52. The zero-order chi connectivity index (χ0) is 12.1. The molecule has 1 aliphatic carbocycles. The molecule has 0 spiro atoms. The molecule has 0 bridgehead atoms. The average molecular weight is 234 g/mol. The van der Waals surface area contributed by atoms with Crippen LogP contribution in [0.25, 0.3) is 11.0 Å². The largest absolute Gasteiger partial charge is 0.422 e. The molecule has 0 N–H and O–H groups in total. The fraction of sp³-hybridized carbons (Fsp3) is 0.0625. The molecule has 0 amide bonds. The molecule has 1 heterocycles. The highest BCUT2D eigenvalue weighted by Gasteiger charge is 2.40. The maximum absolute atomic E-state index is 11.9. The molecule has 1 unspecified atom stereocenters. The topological polar surface area (TPSA) is 30.2 Å². The lowest BCUT2D eigenvalue weighted by molar-refractivity contribution is 0.560. The second-order valence-corrected chi connectivity index (χ2v) is 4.56. The third kappa shape index (κ3) is 1.20. The molecule has 2 heteroatoms. The lowest BCUT2D eigenvalue weighted by Gasteiger charge is -1.95. The number of para-hydroxylation sites is 1. The smallest absolute Gasteiger partial charge is 0.340 e. The molecule has 0 fully saturated rings. The quantitative estimate of drug-likeness (QED) is 0.473. The van der Waals surface area contributed by atoms with Crippen LogP contribution in [-0.4, -0.2) is 0 Å². The number of benzene rings is 2. The third-order valence-corrected chi connectivity index (χ3v) is 3.52. The van der Waals surface area contributed by atoms with Crippen molar-refractivity contribution in [2.24, 2.45) is 0 Å². The van der Waals surface area contributed by atoms with Gasteiger partial charge in [0.1, 0.15) is 5.58 Å². The molecular formula is C16H10O2. The summed E-state index contributed by atoms with van der Waals surface area (Å²) in [5.74, 6) is 0.127. The van der Waals surface area contributed by atoms with Crippen LogP contribution in [0.15, 0.2) is 63.8 Å². The van der Waals surface area contributed by atoms with E-state index >= 15 is 0 Å². The minimum Gasteiger partial charge on any atom is -0.422 e. The predicted molar refractivity (Wildman–Crippen MR) is 69.9 cm³/mol. The highest BCUT2D eigenvalue weighted by molar-refractivity contribution is 5.88. The SMILES string of the molecule is O=c1oc2ccccc2c2c1C2c1ccccc1. The Morgan fingerprint density at radius 3 is 2.39 bits per heavy atom. The molecule has 0 aliphatic heterocycles. The van der Waals surface area contributed by atoms with Crippen molar-refractivity contribution in [1.29, 1.82) is 0 Å². The molecular weight excluding hydrogens is 224 g/mol. The zero-order valence-corrected chi connectivity index (χ0v) is 9.59. The van der Waals surface area contributed by atoms with Gasteiger partial charge in [-0.1, -0.05) is 48.5 Å². The van der Waals surface area contributed by atoms with Crippen LogP contribution in [0, 0.1) is 0 Å². The van der Waals surface area contributed by atoms with Crippen LogP contribution in [-0.2, 0) is 0 Å². The van der Waals surface area contributed by atoms with Crippen LogP contribution in [0.3, 0.4) is 0 Å². The zero-order valence-electron chi connectivity index (χ0n) is 9.59. The van der Waals surface area contributed by atoms with Crippen molar-refractivity contribution >= 4 is 11.0 Å². The van der Waals surface area contributed by atoms with Gasteiger partial charge in [0.25, 0.3) is 0 Å². The van der Waals surface area contributed by atoms with Crippen molar-refractivity contribution in [2.45, 2.75) is 5.92 Å². The first kappa shape index (κ1) is 9.66. The van der Waals surface area contributed by atoms with E-state index < -0.39 is 0 Å². The van der Waals surface area contributed by atoms with Crippen LogP contribution < -0.4 is 5.63 Å². The Kier molecular flexibility index (Phi) is 1.78. The first-order valence-electron chi connectivity index (χ1n) is 5.97. The van der Waals surface area contributed by atoms with Crippen LogP contribution >= 0.6 is 0 Å². The second kappa shape index (κ2) is 3.33. The Morgan fingerprint density at radius 2 is 1.56 bits per heavy atom. The van der Waals surface area contributed by atoms with Crippen LogP contribution in [0.2, 0.25) is 0 Å². The van der Waals surface area contributed by atoms with Gasteiger partial charge >= 0.3 is 5.63 Å². The number of rotatable bonds is 1. The molecule has 1 atom stereocenters. The van der Waals surface area contributed by atoms with E-state index in [1.54, 1.807) is 0 Å². The molecule has 2 nitrogen and oxygen atoms in total. The van der Waals surface area contributed by atoms with Crippen molar-refractivity contribution in [3.8, 4) is 0 Å². The van der Waals surface area contributed by atoms with E-state index in [0.717, 1.165) is 22.1 Å². The fourth-order valence-corrected chi connectivity index (χ4v) is 2.66. The summed E-state index contributed by atoms with van der Waals surface area (Å²) < 4.78 is 5.34. The van der Waals surface area contributed by atoms with Crippen molar-refractivity contribution in [2.75, 3.05) is 0 Å². The summed E-state index contributed by atoms with van der Waals surface area (Å²) in [6, 6.07) is 17.8. The van der Waals surface area contributed by atoms with Crippen molar-refractivity contribution in [3.05, 3.63) is 81.7 Å². The Bertz CT molecular complexity index is 800. The fourth-order valence-electron chi connectivity index (χ4n) is 2.66. The average Bonchev–Trinajstić information content (AvgIpc) is 3.16. The molecule has 18 heavy (non-hydrogen) atoms. The molecule has 4 rings (SSSR count). The lowest BCUT2D eigenvalue weighted by Crippen LogP contribution is -1.96. The van der Waals surface area contributed by atoms with Crippen molar-refractivity contribution in [1.82, 2.24) is 0 Å². The molecule has 3 aromatic rings. The van der Waals surface area contributed by atoms with E-state index in [1.165, 1.54) is 0 Å². The first-order valence-corrected chi connectivity index (χ1v) is 5.97. The summed E-state index contributed by atoms with van der Waals surface area (Å²) in [6.45, 7) is 0. The van der Waals surface area contributed by atoms with Gasteiger partial charge in [0.2, 0.25) is 0 Å². The van der Waals surface area contributed by atoms with Crippen LogP contribution in [0.4, 0.5) is 0 Å². The number of hydrogen-bond donors (Lipinski definition) is 0. The minimum absolute atomic E-state index is 0.127. The van der Waals surface area contributed by atoms with Gasteiger partial charge in [-0.3, -0.25) is 0 Å². The predicted octanol–water partition coefficient (Wildman–Crippen LogP) is 3.29. The summed E-state index contributed by atoms with van der Waals surface area (Å²) >= 11 is 0. The summed E-state index contributed by atoms with van der Waals surface area (Å²) in [7, 11) is 0. The van der Waals surface area contributed by atoms with Gasteiger partial charge in [-0.15, -0.1) is 0 Å².